The summed E-state index contributed by atoms with van der Waals surface area (Å²) in [6.07, 6.45) is -4.65. The molecule has 3 aromatic rings. The van der Waals surface area contributed by atoms with E-state index in [-0.39, 0.29) is 22.4 Å². The standard InChI is InChI=1S/C23H21F3N4OS2/c1-12-6-13(2)20(14(3)7-12)30(16(5)31)22-29-17(11-33-22)10-32-21-18(9-27)19(23(24,25)26)8-15(4)28-21/h6-8,11H,10H2,1-5H3. The summed E-state index contributed by atoms with van der Waals surface area (Å²) < 4.78 is 40.0. The fourth-order valence-corrected chi connectivity index (χ4v) is 5.52. The van der Waals surface area contributed by atoms with E-state index in [1.807, 2.05) is 32.9 Å². The van der Waals surface area contributed by atoms with Crippen LogP contribution < -0.4 is 4.90 Å². The number of anilines is 2. The molecule has 33 heavy (non-hydrogen) atoms. The summed E-state index contributed by atoms with van der Waals surface area (Å²) in [5.74, 6) is 0.0110. The van der Waals surface area contributed by atoms with E-state index in [2.05, 4.69) is 9.97 Å². The van der Waals surface area contributed by atoms with Crippen LogP contribution in [0.5, 0.6) is 0 Å². The minimum atomic E-state index is -4.65. The lowest BCUT2D eigenvalue weighted by molar-refractivity contribution is -0.138. The van der Waals surface area contributed by atoms with E-state index in [9.17, 15) is 23.2 Å². The first-order valence-corrected chi connectivity index (χ1v) is 11.7. The van der Waals surface area contributed by atoms with Gasteiger partial charge in [0.2, 0.25) is 5.91 Å². The molecule has 0 N–H and O–H groups in total. The van der Waals surface area contributed by atoms with Gasteiger partial charge in [0.25, 0.3) is 0 Å². The van der Waals surface area contributed by atoms with Gasteiger partial charge >= 0.3 is 6.18 Å². The highest BCUT2D eigenvalue weighted by Crippen LogP contribution is 2.38. The highest BCUT2D eigenvalue weighted by molar-refractivity contribution is 7.98. The Morgan fingerprint density at radius 1 is 1.15 bits per heavy atom. The zero-order valence-corrected chi connectivity index (χ0v) is 20.3. The van der Waals surface area contributed by atoms with Gasteiger partial charge in [-0.3, -0.25) is 9.69 Å². The molecule has 3 rings (SSSR count). The van der Waals surface area contributed by atoms with E-state index in [0.717, 1.165) is 40.2 Å². The number of rotatable bonds is 5. The van der Waals surface area contributed by atoms with Gasteiger partial charge in [-0.25, -0.2) is 9.97 Å². The Labute approximate surface area is 198 Å². The number of hydrogen-bond donors (Lipinski definition) is 0. The Kier molecular flexibility index (Phi) is 7.14. The van der Waals surface area contributed by atoms with Gasteiger partial charge in [-0.2, -0.15) is 18.4 Å². The molecule has 2 aromatic heterocycles. The van der Waals surface area contributed by atoms with Crippen molar-refractivity contribution in [1.29, 1.82) is 5.26 Å². The number of carbonyl (C=O) groups excluding carboxylic acids is 1. The average molecular weight is 491 g/mol. The number of halogens is 3. The van der Waals surface area contributed by atoms with E-state index < -0.39 is 17.3 Å². The van der Waals surface area contributed by atoms with Crippen LogP contribution in [0.25, 0.3) is 0 Å². The van der Waals surface area contributed by atoms with Crippen molar-refractivity contribution < 1.29 is 18.0 Å². The lowest BCUT2D eigenvalue weighted by Crippen LogP contribution is -2.24. The minimum absolute atomic E-state index is 0.00743. The number of nitriles is 1. The second kappa shape index (κ2) is 9.53. The predicted octanol–water partition coefficient (Wildman–Crippen LogP) is 6.64. The summed E-state index contributed by atoms with van der Waals surface area (Å²) >= 11 is 2.29. The number of nitrogens with zero attached hydrogens (tertiary/aromatic N) is 4. The summed E-state index contributed by atoms with van der Waals surface area (Å²) in [7, 11) is 0. The Hall–Kier alpha value is -2.90. The summed E-state index contributed by atoms with van der Waals surface area (Å²) in [4.78, 5) is 22.7. The van der Waals surface area contributed by atoms with E-state index in [1.54, 1.807) is 16.3 Å². The third-order valence-electron chi connectivity index (χ3n) is 4.79. The van der Waals surface area contributed by atoms with Gasteiger partial charge in [-0.05, 0) is 44.9 Å². The van der Waals surface area contributed by atoms with Crippen LogP contribution in [0.3, 0.4) is 0 Å². The molecule has 1 aromatic carbocycles. The van der Waals surface area contributed by atoms with Crippen molar-refractivity contribution in [2.45, 2.75) is 51.6 Å². The van der Waals surface area contributed by atoms with Crippen LogP contribution in [0, 0.1) is 39.0 Å². The first kappa shape index (κ1) is 24.7. The molecule has 10 heteroatoms. The molecule has 0 spiro atoms. The number of benzene rings is 1. The predicted molar refractivity (Wildman–Crippen MR) is 124 cm³/mol. The zero-order valence-electron chi connectivity index (χ0n) is 18.7. The zero-order chi connectivity index (χ0) is 24.5. The number of aromatic nitrogens is 2. The van der Waals surface area contributed by atoms with Crippen molar-refractivity contribution >= 4 is 39.8 Å². The number of carbonyl (C=O) groups is 1. The fourth-order valence-electron chi connectivity index (χ4n) is 3.60. The van der Waals surface area contributed by atoms with Crippen molar-refractivity contribution in [3.8, 4) is 6.07 Å². The maximum absolute atomic E-state index is 13.3. The molecule has 1 amide bonds. The summed E-state index contributed by atoms with van der Waals surface area (Å²) in [6, 6.07) is 6.50. The van der Waals surface area contributed by atoms with Gasteiger partial charge in [0, 0.05) is 23.8 Å². The quantitative estimate of drug-likeness (QED) is 0.375. The van der Waals surface area contributed by atoms with Gasteiger partial charge in [0.05, 0.1) is 22.5 Å². The highest BCUT2D eigenvalue weighted by atomic mass is 32.2. The summed E-state index contributed by atoms with van der Waals surface area (Å²) in [6.45, 7) is 8.77. The maximum atomic E-state index is 13.3. The van der Waals surface area contributed by atoms with Crippen LogP contribution in [0.2, 0.25) is 0 Å². The molecule has 0 atom stereocenters. The maximum Gasteiger partial charge on any atom is 0.417 e. The molecule has 5 nitrogen and oxygen atoms in total. The molecule has 172 valence electrons. The molecule has 0 bridgehead atoms. The van der Waals surface area contributed by atoms with Crippen molar-refractivity contribution in [1.82, 2.24) is 9.97 Å². The second-order valence-electron chi connectivity index (χ2n) is 7.61. The summed E-state index contributed by atoms with van der Waals surface area (Å²) in [5.41, 5.74) is 3.00. The third-order valence-corrected chi connectivity index (χ3v) is 6.68. The number of aryl methyl sites for hydroxylation is 4. The number of amides is 1. The van der Waals surface area contributed by atoms with E-state index >= 15 is 0 Å². The molecule has 0 saturated carbocycles. The molecule has 0 radical (unpaired) electrons. The highest BCUT2D eigenvalue weighted by Gasteiger charge is 2.35. The SMILES string of the molecule is CC(=O)N(c1nc(CSc2nc(C)cc(C(F)(F)F)c2C#N)cs1)c1c(C)cc(C)cc1C. The van der Waals surface area contributed by atoms with Crippen LogP contribution in [0.4, 0.5) is 24.0 Å². The van der Waals surface area contributed by atoms with Crippen molar-refractivity contribution in [2.24, 2.45) is 0 Å². The average Bonchev–Trinajstić information content (AvgIpc) is 3.15. The Morgan fingerprint density at radius 2 is 1.79 bits per heavy atom. The van der Waals surface area contributed by atoms with Crippen molar-refractivity contribution in [3.05, 3.63) is 62.8 Å². The molecule has 2 heterocycles. The monoisotopic (exact) mass is 490 g/mol. The lowest BCUT2D eigenvalue weighted by Gasteiger charge is -2.23. The van der Waals surface area contributed by atoms with Gasteiger partial charge in [0.15, 0.2) is 5.13 Å². The minimum Gasteiger partial charge on any atom is -0.274 e. The van der Waals surface area contributed by atoms with Crippen molar-refractivity contribution in [2.75, 3.05) is 4.90 Å². The topological polar surface area (TPSA) is 69.9 Å². The van der Waals surface area contributed by atoms with Gasteiger partial charge in [-0.15, -0.1) is 11.3 Å². The van der Waals surface area contributed by atoms with Gasteiger partial charge in [-0.1, -0.05) is 29.5 Å². The number of thioether (sulfide) groups is 1. The lowest BCUT2D eigenvalue weighted by atomic mass is 10.0. The molecule has 0 unspecified atom stereocenters. The van der Waals surface area contributed by atoms with E-state index in [4.69, 9.17) is 0 Å². The number of pyridine rings is 1. The van der Waals surface area contributed by atoms with Crippen LogP contribution in [-0.2, 0) is 16.7 Å². The number of hydrogen-bond acceptors (Lipinski definition) is 6. The van der Waals surface area contributed by atoms with E-state index in [0.29, 0.717) is 10.8 Å². The van der Waals surface area contributed by atoms with Gasteiger partial charge in [0.1, 0.15) is 11.1 Å². The number of alkyl halides is 3. The largest absolute Gasteiger partial charge is 0.417 e. The normalized spacial score (nSPS) is 11.4. The number of thiazole rings is 1. The molecule has 0 fully saturated rings. The molecular formula is C23H21F3N4OS2. The van der Waals surface area contributed by atoms with Gasteiger partial charge < -0.3 is 0 Å². The Bertz CT molecular complexity index is 1240. The van der Waals surface area contributed by atoms with Crippen LogP contribution in [0.15, 0.2) is 28.6 Å². The molecular weight excluding hydrogens is 469 g/mol. The first-order chi connectivity index (χ1) is 15.4. The Balaban J connectivity index is 1.91. The summed E-state index contributed by atoms with van der Waals surface area (Å²) in [5, 5.41) is 11.6. The third kappa shape index (κ3) is 5.37. The van der Waals surface area contributed by atoms with Crippen LogP contribution in [-0.4, -0.2) is 15.9 Å². The fraction of sp³-hybridized carbons (Fsp3) is 0.304. The van der Waals surface area contributed by atoms with Crippen molar-refractivity contribution in [3.63, 3.8) is 0 Å². The first-order valence-electron chi connectivity index (χ1n) is 9.87. The smallest absolute Gasteiger partial charge is 0.274 e. The van der Waals surface area contributed by atoms with Crippen LogP contribution >= 0.6 is 23.1 Å². The second-order valence-corrected chi connectivity index (χ2v) is 9.41. The Morgan fingerprint density at radius 3 is 2.33 bits per heavy atom. The molecule has 0 aliphatic carbocycles. The molecule has 0 saturated heterocycles. The van der Waals surface area contributed by atoms with E-state index in [1.165, 1.54) is 25.2 Å². The molecule has 0 aliphatic rings. The van der Waals surface area contributed by atoms with Crippen LogP contribution in [0.1, 0.15) is 46.1 Å². The molecule has 0 aliphatic heterocycles.